The number of hydrogen-bond donors (Lipinski definition) is 1. The quantitative estimate of drug-likeness (QED) is 0.706. The van der Waals surface area contributed by atoms with Crippen molar-refractivity contribution >= 4 is 11.8 Å². The molecule has 0 atom stereocenters. The minimum absolute atomic E-state index is 0.0174. The standard InChI is InChI=1S/C9H17NO3/c1-7(11)5-10(6-8(12)13)9(2,3)4/h5-6H2,1-4H3,(H,12,13). The lowest BCUT2D eigenvalue weighted by Crippen LogP contribution is -2.46. The van der Waals surface area contributed by atoms with Gasteiger partial charge in [-0.2, -0.15) is 0 Å². The van der Waals surface area contributed by atoms with E-state index in [0.717, 1.165) is 0 Å². The minimum Gasteiger partial charge on any atom is -0.480 e. The zero-order chi connectivity index (χ0) is 10.6. The maximum Gasteiger partial charge on any atom is 0.317 e. The topological polar surface area (TPSA) is 57.6 Å². The molecule has 0 unspecified atom stereocenters. The van der Waals surface area contributed by atoms with Gasteiger partial charge in [-0.3, -0.25) is 14.5 Å². The van der Waals surface area contributed by atoms with Crippen LogP contribution < -0.4 is 0 Å². The third-order valence-corrected chi connectivity index (χ3v) is 1.69. The number of carboxylic acids is 1. The Labute approximate surface area is 78.5 Å². The molecule has 0 aliphatic carbocycles. The van der Waals surface area contributed by atoms with E-state index < -0.39 is 5.97 Å². The van der Waals surface area contributed by atoms with E-state index in [0.29, 0.717) is 0 Å². The van der Waals surface area contributed by atoms with Crippen LogP contribution in [0.25, 0.3) is 0 Å². The van der Waals surface area contributed by atoms with E-state index in [9.17, 15) is 9.59 Å². The molecule has 4 heteroatoms. The molecule has 0 aliphatic rings. The third-order valence-electron chi connectivity index (χ3n) is 1.69. The number of carbonyl (C=O) groups is 2. The van der Waals surface area contributed by atoms with Crippen LogP contribution in [0, 0.1) is 0 Å². The van der Waals surface area contributed by atoms with Crippen LogP contribution in [-0.2, 0) is 9.59 Å². The number of nitrogens with zero attached hydrogens (tertiary/aromatic N) is 1. The number of aliphatic carboxylic acids is 1. The molecule has 0 spiro atoms. The molecule has 76 valence electrons. The number of ketones is 1. The molecule has 0 rings (SSSR count). The minimum atomic E-state index is -0.906. The summed E-state index contributed by atoms with van der Waals surface area (Å²) >= 11 is 0. The Morgan fingerprint density at radius 3 is 1.92 bits per heavy atom. The van der Waals surface area contributed by atoms with Crippen molar-refractivity contribution in [1.29, 1.82) is 0 Å². The molecule has 0 aliphatic heterocycles. The van der Waals surface area contributed by atoms with Crippen molar-refractivity contribution in [2.24, 2.45) is 0 Å². The van der Waals surface area contributed by atoms with Crippen molar-refractivity contribution < 1.29 is 14.7 Å². The van der Waals surface area contributed by atoms with Crippen molar-refractivity contribution in [3.8, 4) is 0 Å². The number of Topliss-reactive ketones (excluding diaryl/α,β-unsaturated/α-hetero) is 1. The largest absolute Gasteiger partial charge is 0.480 e. The zero-order valence-electron chi connectivity index (χ0n) is 8.63. The Morgan fingerprint density at radius 1 is 1.23 bits per heavy atom. The highest BCUT2D eigenvalue weighted by atomic mass is 16.4. The average molecular weight is 187 g/mol. The lowest BCUT2D eigenvalue weighted by Gasteiger charge is -2.33. The highest BCUT2D eigenvalue weighted by Gasteiger charge is 2.24. The molecule has 1 N–H and O–H groups in total. The van der Waals surface area contributed by atoms with E-state index in [2.05, 4.69) is 0 Å². The van der Waals surface area contributed by atoms with Gasteiger partial charge in [0.15, 0.2) is 0 Å². The van der Waals surface area contributed by atoms with E-state index in [1.54, 1.807) is 4.90 Å². The summed E-state index contributed by atoms with van der Waals surface area (Å²) in [7, 11) is 0. The second-order valence-corrected chi connectivity index (χ2v) is 4.12. The SMILES string of the molecule is CC(=O)CN(CC(=O)O)C(C)(C)C. The molecular formula is C9H17NO3. The second-order valence-electron chi connectivity index (χ2n) is 4.12. The van der Waals surface area contributed by atoms with E-state index in [1.807, 2.05) is 20.8 Å². The number of carboxylic acid groups (broad SMARTS) is 1. The van der Waals surface area contributed by atoms with Crippen LogP contribution in [0.4, 0.5) is 0 Å². The lowest BCUT2D eigenvalue weighted by molar-refractivity contribution is -0.140. The molecule has 0 heterocycles. The Morgan fingerprint density at radius 2 is 1.69 bits per heavy atom. The van der Waals surface area contributed by atoms with Gasteiger partial charge in [-0.15, -0.1) is 0 Å². The van der Waals surface area contributed by atoms with Crippen LogP contribution in [0.15, 0.2) is 0 Å². The molecule has 4 nitrogen and oxygen atoms in total. The smallest absolute Gasteiger partial charge is 0.317 e. The van der Waals surface area contributed by atoms with Crippen molar-refractivity contribution in [2.75, 3.05) is 13.1 Å². The number of carbonyl (C=O) groups excluding carboxylic acids is 1. The van der Waals surface area contributed by atoms with Crippen LogP contribution in [0.1, 0.15) is 27.7 Å². The fraction of sp³-hybridized carbons (Fsp3) is 0.778. The van der Waals surface area contributed by atoms with E-state index in [1.165, 1.54) is 6.92 Å². The van der Waals surface area contributed by atoms with Gasteiger partial charge in [0, 0.05) is 5.54 Å². The molecule has 0 bridgehead atoms. The number of hydrogen-bond acceptors (Lipinski definition) is 3. The monoisotopic (exact) mass is 187 g/mol. The summed E-state index contributed by atoms with van der Waals surface area (Å²) in [5.74, 6) is -0.924. The molecule has 13 heavy (non-hydrogen) atoms. The summed E-state index contributed by atoms with van der Waals surface area (Å²) in [5, 5.41) is 8.61. The van der Waals surface area contributed by atoms with Gasteiger partial charge in [0.05, 0.1) is 13.1 Å². The van der Waals surface area contributed by atoms with Gasteiger partial charge in [0.25, 0.3) is 0 Å². The van der Waals surface area contributed by atoms with Crippen molar-refractivity contribution in [3.63, 3.8) is 0 Å². The Kier molecular flexibility index (Phi) is 4.07. The molecule has 0 saturated heterocycles. The zero-order valence-corrected chi connectivity index (χ0v) is 8.63. The summed E-state index contributed by atoms with van der Waals surface area (Å²) in [4.78, 5) is 23.0. The molecule has 0 radical (unpaired) electrons. The van der Waals surface area contributed by atoms with Crippen LogP contribution in [0.5, 0.6) is 0 Å². The van der Waals surface area contributed by atoms with E-state index in [-0.39, 0.29) is 24.4 Å². The fourth-order valence-electron chi connectivity index (χ4n) is 0.962. The van der Waals surface area contributed by atoms with Crippen LogP contribution in [0.2, 0.25) is 0 Å². The van der Waals surface area contributed by atoms with E-state index >= 15 is 0 Å². The summed E-state index contributed by atoms with van der Waals surface area (Å²) in [5.41, 5.74) is -0.288. The van der Waals surface area contributed by atoms with Crippen molar-refractivity contribution in [1.82, 2.24) is 4.90 Å². The number of rotatable bonds is 4. The summed E-state index contributed by atoms with van der Waals surface area (Å²) < 4.78 is 0. The Bertz CT molecular complexity index is 189. The van der Waals surface area contributed by atoms with Gasteiger partial charge in [-0.05, 0) is 27.7 Å². The van der Waals surface area contributed by atoms with Crippen LogP contribution in [-0.4, -0.2) is 40.4 Å². The molecule has 0 aromatic rings. The predicted octanol–water partition coefficient (Wildman–Crippen LogP) is 0.760. The fourth-order valence-corrected chi connectivity index (χ4v) is 0.962. The normalized spacial score (nSPS) is 11.8. The van der Waals surface area contributed by atoms with Crippen molar-refractivity contribution in [3.05, 3.63) is 0 Å². The van der Waals surface area contributed by atoms with Crippen LogP contribution in [0.3, 0.4) is 0 Å². The second kappa shape index (κ2) is 4.37. The molecule has 0 aromatic heterocycles. The molecular weight excluding hydrogens is 170 g/mol. The van der Waals surface area contributed by atoms with Gasteiger partial charge in [-0.1, -0.05) is 0 Å². The van der Waals surface area contributed by atoms with Crippen LogP contribution >= 0.6 is 0 Å². The summed E-state index contributed by atoms with van der Waals surface area (Å²) in [6, 6.07) is 0. The maximum absolute atomic E-state index is 10.8. The van der Waals surface area contributed by atoms with Gasteiger partial charge in [0.1, 0.15) is 5.78 Å². The maximum atomic E-state index is 10.8. The lowest BCUT2D eigenvalue weighted by atomic mass is 10.1. The first-order valence-corrected chi connectivity index (χ1v) is 4.20. The first-order chi connectivity index (χ1) is 5.73. The molecule has 0 amide bonds. The Hall–Kier alpha value is -0.900. The summed E-state index contributed by atoms with van der Waals surface area (Å²) in [6.45, 7) is 7.22. The average Bonchev–Trinajstić information content (AvgIpc) is 1.81. The van der Waals surface area contributed by atoms with Crippen molar-refractivity contribution in [2.45, 2.75) is 33.2 Å². The highest BCUT2D eigenvalue weighted by Crippen LogP contribution is 2.12. The van der Waals surface area contributed by atoms with Gasteiger partial charge < -0.3 is 5.11 Å². The molecule has 0 saturated carbocycles. The highest BCUT2D eigenvalue weighted by molar-refractivity contribution is 5.78. The molecule has 0 fully saturated rings. The third kappa shape index (κ3) is 5.36. The van der Waals surface area contributed by atoms with Gasteiger partial charge in [-0.25, -0.2) is 0 Å². The van der Waals surface area contributed by atoms with Gasteiger partial charge >= 0.3 is 5.97 Å². The first kappa shape index (κ1) is 12.1. The molecule has 0 aromatic carbocycles. The Balaban J connectivity index is 4.37. The predicted molar refractivity (Wildman–Crippen MR) is 49.6 cm³/mol. The van der Waals surface area contributed by atoms with E-state index in [4.69, 9.17) is 5.11 Å². The summed E-state index contributed by atoms with van der Waals surface area (Å²) in [6.07, 6.45) is 0. The first-order valence-electron chi connectivity index (χ1n) is 4.20. The van der Waals surface area contributed by atoms with Gasteiger partial charge in [0.2, 0.25) is 0 Å².